The van der Waals surface area contributed by atoms with Crippen molar-refractivity contribution < 1.29 is 14.6 Å². The molecule has 1 aliphatic heterocycles. The standard InChI is InChI=1S/C14H27NO3/c1-4-6-7-12(13(16)18-3)14(17)8-10-15(5-2)11-9-14/h12,17H,4-11H2,1-3H3. The summed E-state index contributed by atoms with van der Waals surface area (Å²) in [5, 5.41) is 10.7. The van der Waals surface area contributed by atoms with Crippen LogP contribution in [0.3, 0.4) is 0 Å². The van der Waals surface area contributed by atoms with Gasteiger partial charge in [0.25, 0.3) is 0 Å². The fourth-order valence-corrected chi connectivity index (χ4v) is 2.76. The van der Waals surface area contributed by atoms with Crippen molar-refractivity contribution >= 4 is 5.97 Å². The first kappa shape index (κ1) is 15.4. The predicted octanol–water partition coefficient (Wildman–Crippen LogP) is 1.81. The Morgan fingerprint density at radius 2 is 2.00 bits per heavy atom. The lowest BCUT2D eigenvalue weighted by Gasteiger charge is -2.41. The Morgan fingerprint density at radius 3 is 2.44 bits per heavy atom. The molecule has 0 aromatic carbocycles. The number of carbonyl (C=O) groups excluding carboxylic acids is 1. The first-order valence-corrected chi connectivity index (χ1v) is 7.10. The second kappa shape index (κ2) is 7.10. The molecule has 1 aliphatic rings. The van der Waals surface area contributed by atoms with Gasteiger partial charge in [-0.2, -0.15) is 0 Å². The number of unbranched alkanes of at least 4 members (excludes halogenated alkanes) is 1. The van der Waals surface area contributed by atoms with Crippen molar-refractivity contribution in [3.05, 3.63) is 0 Å². The summed E-state index contributed by atoms with van der Waals surface area (Å²) < 4.78 is 4.87. The van der Waals surface area contributed by atoms with Crippen LogP contribution in [0.15, 0.2) is 0 Å². The first-order chi connectivity index (χ1) is 8.57. The fourth-order valence-electron chi connectivity index (χ4n) is 2.76. The van der Waals surface area contributed by atoms with E-state index in [-0.39, 0.29) is 11.9 Å². The van der Waals surface area contributed by atoms with Crippen LogP contribution in [0.25, 0.3) is 0 Å². The van der Waals surface area contributed by atoms with E-state index in [1.165, 1.54) is 7.11 Å². The summed E-state index contributed by atoms with van der Waals surface area (Å²) in [7, 11) is 1.41. The number of aliphatic hydroxyl groups is 1. The molecule has 18 heavy (non-hydrogen) atoms. The normalized spacial score (nSPS) is 21.6. The molecule has 0 aromatic rings. The zero-order valence-electron chi connectivity index (χ0n) is 11.9. The van der Waals surface area contributed by atoms with Crippen molar-refractivity contribution in [3.8, 4) is 0 Å². The molecule has 1 fully saturated rings. The van der Waals surface area contributed by atoms with Gasteiger partial charge < -0.3 is 14.7 Å². The summed E-state index contributed by atoms with van der Waals surface area (Å²) in [6.45, 7) is 6.96. The highest BCUT2D eigenvalue weighted by Gasteiger charge is 2.43. The molecule has 1 rings (SSSR count). The van der Waals surface area contributed by atoms with E-state index >= 15 is 0 Å². The van der Waals surface area contributed by atoms with E-state index in [0.717, 1.165) is 38.9 Å². The van der Waals surface area contributed by atoms with Crippen LogP contribution >= 0.6 is 0 Å². The predicted molar refractivity (Wildman–Crippen MR) is 71.3 cm³/mol. The average Bonchev–Trinajstić information content (AvgIpc) is 2.39. The lowest BCUT2D eigenvalue weighted by Crippen LogP contribution is -2.51. The molecule has 0 amide bonds. The second-order valence-corrected chi connectivity index (χ2v) is 5.26. The Kier molecular flexibility index (Phi) is 6.09. The minimum absolute atomic E-state index is 0.254. The Morgan fingerprint density at radius 1 is 1.39 bits per heavy atom. The van der Waals surface area contributed by atoms with Crippen LogP contribution in [0.2, 0.25) is 0 Å². The number of ether oxygens (including phenoxy) is 1. The third kappa shape index (κ3) is 3.69. The molecule has 1 heterocycles. The monoisotopic (exact) mass is 257 g/mol. The molecule has 0 aromatic heterocycles. The average molecular weight is 257 g/mol. The van der Waals surface area contributed by atoms with Crippen LogP contribution in [0.5, 0.6) is 0 Å². The number of piperidine rings is 1. The largest absolute Gasteiger partial charge is 0.469 e. The molecular weight excluding hydrogens is 230 g/mol. The molecule has 0 radical (unpaired) electrons. The molecule has 1 saturated heterocycles. The lowest BCUT2D eigenvalue weighted by atomic mass is 9.77. The van der Waals surface area contributed by atoms with Crippen LogP contribution in [0, 0.1) is 5.92 Å². The van der Waals surface area contributed by atoms with E-state index < -0.39 is 5.60 Å². The summed E-state index contributed by atoms with van der Waals surface area (Å²) in [5.41, 5.74) is -0.867. The van der Waals surface area contributed by atoms with Gasteiger partial charge in [0, 0.05) is 13.1 Å². The van der Waals surface area contributed by atoms with Gasteiger partial charge in [-0.3, -0.25) is 4.79 Å². The van der Waals surface area contributed by atoms with Crippen molar-refractivity contribution in [2.75, 3.05) is 26.7 Å². The van der Waals surface area contributed by atoms with Crippen molar-refractivity contribution in [1.29, 1.82) is 0 Å². The van der Waals surface area contributed by atoms with Crippen molar-refractivity contribution in [2.24, 2.45) is 5.92 Å². The van der Waals surface area contributed by atoms with Crippen LogP contribution in [-0.4, -0.2) is 48.3 Å². The zero-order valence-corrected chi connectivity index (χ0v) is 11.9. The number of nitrogens with zero attached hydrogens (tertiary/aromatic N) is 1. The highest BCUT2D eigenvalue weighted by Crippen LogP contribution is 2.33. The van der Waals surface area contributed by atoms with E-state index in [4.69, 9.17) is 4.74 Å². The maximum absolute atomic E-state index is 11.9. The highest BCUT2D eigenvalue weighted by atomic mass is 16.5. The number of carbonyl (C=O) groups is 1. The number of hydrogen-bond donors (Lipinski definition) is 1. The Labute approximate surface area is 110 Å². The molecule has 1 atom stereocenters. The van der Waals surface area contributed by atoms with Gasteiger partial charge >= 0.3 is 5.97 Å². The van der Waals surface area contributed by atoms with Gasteiger partial charge in [-0.1, -0.05) is 26.7 Å². The Balaban J connectivity index is 2.68. The quantitative estimate of drug-likeness (QED) is 0.737. The molecular formula is C14H27NO3. The highest BCUT2D eigenvalue weighted by molar-refractivity contribution is 5.73. The first-order valence-electron chi connectivity index (χ1n) is 7.10. The SMILES string of the molecule is CCCCC(C(=O)OC)C1(O)CCN(CC)CC1. The summed E-state index contributed by atoms with van der Waals surface area (Å²) in [6, 6.07) is 0. The maximum Gasteiger partial charge on any atom is 0.311 e. The van der Waals surface area contributed by atoms with E-state index in [9.17, 15) is 9.90 Å². The second-order valence-electron chi connectivity index (χ2n) is 5.26. The third-order valence-corrected chi connectivity index (χ3v) is 4.15. The lowest BCUT2D eigenvalue weighted by molar-refractivity contribution is -0.160. The van der Waals surface area contributed by atoms with Gasteiger partial charge in [-0.05, 0) is 25.8 Å². The molecule has 4 nitrogen and oxygen atoms in total. The van der Waals surface area contributed by atoms with Gasteiger partial charge in [-0.25, -0.2) is 0 Å². The molecule has 4 heteroatoms. The van der Waals surface area contributed by atoms with Crippen LogP contribution in [0.1, 0.15) is 46.0 Å². The van der Waals surface area contributed by atoms with Gasteiger partial charge in [-0.15, -0.1) is 0 Å². The maximum atomic E-state index is 11.9. The molecule has 0 aliphatic carbocycles. The minimum atomic E-state index is -0.867. The Hall–Kier alpha value is -0.610. The summed E-state index contributed by atoms with van der Waals surface area (Å²) in [5.74, 6) is -0.614. The number of methoxy groups -OCH3 is 1. The zero-order chi connectivity index (χ0) is 13.6. The van der Waals surface area contributed by atoms with Gasteiger partial charge in [0.2, 0.25) is 0 Å². The van der Waals surface area contributed by atoms with Gasteiger partial charge in [0.1, 0.15) is 0 Å². The van der Waals surface area contributed by atoms with E-state index in [2.05, 4.69) is 18.7 Å². The van der Waals surface area contributed by atoms with Gasteiger partial charge in [0.05, 0.1) is 18.6 Å². The smallest absolute Gasteiger partial charge is 0.311 e. The Bertz CT molecular complexity index is 260. The number of rotatable bonds is 6. The summed E-state index contributed by atoms with van der Waals surface area (Å²) in [4.78, 5) is 14.2. The van der Waals surface area contributed by atoms with Crippen LogP contribution < -0.4 is 0 Å². The summed E-state index contributed by atoms with van der Waals surface area (Å²) >= 11 is 0. The number of hydrogen-bond acceptors (Lipinski definition) is 4. The van der Waals surface area contributed by atoms with E-state index in [1.807, 2.05) is 0 Å². The minimum Gasteiger partial charge on any atom is -0.469 e. The van der Waals surface area contributed by atoms with Crippen molar-refractivity contribution in [3.63, 3.8) is 0 Å². The molecule has 1 N–H and O–H groups in total. The van der Waals surface area contributed by atoms with Crippen molar-refractivity contribution in [2.45, 2.75) is 51.6 Å². The molecule has 106 valence electrons. The van der Waals surface area contributed by atoms with E-state index in [1.54, 1.807) is 0 Å². The fraction of sp³-hybridized carbons (Fsp3) is 0.929. The third-order valence-electron chi connectivity index (χ3n) is 4.15. The number of esters is 1. The molecule has 1 unspecified atom stereocenters. The number of likely N-dealkylation sites (tertiary alicyclic amines) is 1. The van der Waals surface area contributed by atoms with E-state index in [0.29, 0.717) is 12.8 Å². The summed E-state index contributed by atoms with van der Waals surface area (Å²) in [6.07, 6.45) is 4.06. The molecule has 0 spiro atoms. The molecule has 0 bridgehead atoms. The topological polar surface area (TPSA) is 49.8 Å². The molecule has 0 saturated carbocycles. The van der Waals surface area contributed by atoms with Crippen molar-refractivity contribution in [1.82, 2.24) is 4.90 Å². The van der Waals surface area contributed by atoms with Crippen LogP contribution in [-0.2, 0) is 9.53 Å². The van der Waals surface area contributed by atoms with Gasteiger partial charge in [0.15, 0.2) is 0 Å². The van der Waals surface area contributed by atoms with Crippen LogP contribution in [0.4, 0.5) is 0 Å².